The van der Waals surface area contributed by atoms with Gasteiger partial charge in [-0.2, -0.15) is 5.10 Å². The third kappa shape index (κ3) is 3.15. The van der Waals surface area contributed by atoms with Gasteiger partial charge in [0, 0.05) is 50.0 Å². The van der Waals surface area contributed by atoms with E-state index in [2.05, 4.69) is 35.1 Å². The van der Waals surface area contributed by atoms with Crippen molar-refractivity contribution >= 4 is 27.6 Å². The molecule has 6 aromatic rings. The average Bonchev–Trinajstić information content (AvgIpc) is 3.49. The fourth-order valence-electron chi connectivity index (χ4n) is 3.91. The van der Waals surface area contributed by atoms with Crippen LogP contribution < -0.4 is 4.90 Å². The van der Waals surface area contributed by atoms with Crippen LogP contribution in [0.15, 0.2) is 61.4 Å². The van der Waals surface area contributed by atoms with Gasteiger partial charge in [-0.3, -0.25) is 25.0 Å². The minimum absolute atomic E-state index is 0.195. The van der Waals surface area contributed by atoms with E-state index in [1.807, 2.05) is 43.3 Å². The van der Waals surface area contributed by atoms with Gasteiger partial charge in [-0.25, -0.2) is 9.37 Å². The number of halogens is 1. The van der Waals surface area contributed by atoms with Crippen LogP contribution in [0, 0.1) is 5.82 Å². The Bertz CT molecular complexity index is 1650. The molecule has 0 unspecified atom stereocenters. The molecule has 0 bridgehead atoms. The standard InChI is InChI=1S/C24H18FN9/c1-34(2)15-8-14(10-27-11-15)20-19(25)18-17(12-29-20)32-33-23(18)24-30-16-5-7-28-21(22(16)31-24)13-4-3-6-26-9-13/h3-12H,1-2H3,(H,30,31)(H,32,33). The van der Waals surface area contributed by atoms with Crippen LogP contribution in [0.4, 0.5) is 10.1 Å². The lowest BCUT2D eigenvalue weighted by atomic mass is 10.1. The number of nitrogens with one attached hydrogen (secondary N) is 2. The summed E-state index contributed by atoms with van der Waals surface area (Å²) < 4.78 is 15.8. The molecule has 0 saturated heterocycles. The molecule has 0 aliphatic heterocycles. The van der Waals surface area contributed by atoms with Gasteiger partial charge in [0.2, 0.25) is 0 Å². The summed E-state index contributed by atoms with van der Waals surface area (Å²) in [5.74, 6) is -0.0689. The number of fused-ring (bicyclic) bond motifs is 2. The van der Waals surface area contributed by atoms with Gasteiger partial charge in [-0.05, 0) is 24.3 Å². The molecule has 6 aromatic heterocycles. The van der Waals surface area contributed by atoms with E-state index in [1.165, 1.54) is 0 Å². The lowest BCUT2D eigenvalue weighted by molar-refractivity contribution is 0.638. The Morgan fingerprint density at radius 2 is 1.74 bits per heavy atom. The van der Waals surface area contributed by atoms with Gasteiger partial charge >= 0.3 is 0 Å². The first-order valence-corrected chi connectivity index (χ1v) is 10.5. The number of rotatable bonds is 4. The van der Waals surface area contributed by atoms with Crippen LogP contribution >= 0.6 is 0 Å². The van der Waals surface area contributed by atoms with Crippen LogP contribution in [0.5, 0.6) is 0 Å². The highest BCUT2D eigenvalue weighted by Crippen LogP contribution is 2.34. The lowest BCUT2D eigenvalue weighted by Crippen LogP contribution is -2.09. The molecule has 0 spiro atoms. The molecule has 6 heterocycles. The molecule has 0 atom stereocenters. The van der Waals surface area contributed by atoms with E-state index < -0.39 is 5.82 Å². The van der Waals surface area contributed by atoms with E-state index in [9.17, 15) is 0 Å². The highest BCUT2D eigenvalue weighted by Gasteiger charge is 2.21. The Balaban J connectivity index is 1.52. The van der Waals surface area contributed by atoms with Crippen molar-refractivity contribution in [3.63, 3.8) is 0 Å². The summed E-state index contributed by atoms with van der Waals surface area (Å²) in [6.07, 6.45) is 10.0. The van der Waals surface area contributed by atoms with E-state index in [4.69, 9.17) is 4.98 Å². The first-order valence-electron chi connectivity index (χ1n) is 10.5. The molecule has 0 aromatic carbocycles. The second-order valence-corrected chi connectivity index (χ2v) is 7.99. The van der Waals surface area contributed by atoms with Crippen LogP contribution in [-0.2, 0) is 0 Å². The predicted octanol–water partition coefficient (Wildman–Crippen LogP) is 4.23. The summed E-state index contributed by atoms with van der Waals surface area (Å²) in [7, 11) is 3.80. The quantitative estimate of drug-likeness (QED) is 0.413. The maximum absolute atomic E-state index is 15.8. The normalized spacial score (nSPS) is 11.4. The van der Waals surface area contributed by atoms with Gasteiger partial charge in [-0.1, -0.05) is 0 Å². The highest BCUT2D eigenvalue weighted by atomic mass is 19.1. The van der Waals surface area contributed by atoms with E-state index in [-0.39, 0.29) is 5.69 Å². The number of aromatic nitrogens is 8. The van der Waals surface area contributed by atoms with Gasteiger partial charge < -0.3 is 9.88 Å². The van der Waals surface area contributed by atoms with E-state index in [0.29, 0.717) is 39.2 Å². The molecule has 0 fully saturated rings. The molecule has 0 radical (unpaired) electrons. The smallest absolute Gasteiger partial charge is 0.161 e. The van der Waals surface area contributed by atoms with Crippen LogP contribution in [0.1, 0.15) is 0 Å². The minimum Gasteiger partial charge on any atom is -0.376 e. The number of nitrogens with zero attached hydrogens (tertiary/aromatic N) is 7. The van der Waals surface area contributed by atoms with Gasteiger partial charge in [0.25, 0.3) is 0 Å². The third-order valence-corrected chi connectivity index (χ3v) is 5.62. The third-order valence-electron chi connectivity index (χ3n) is 5.62. The van der Waals surface area contributed by atoms with Crippen molar-refractivity contribution in [1.29, 1.82) is 0 Å². The fraction of sp³-hybridized carbons (Fsp3) is 0.0833. The molecular formula is C24H18FN9. The van der Waals surface area contributed by atoms with Crippen LogP contribution in [-0.4, -0.2) is 54.2 Å². The molecule has 10 heteroatoms. The van der Waals surface area contributed by atoms with Crippen molar-refractivity contribution in [2.45, 2.75) is 0 Å². The van der Waals surface area contributed by atoms with Crippen LogP contribution in [0.3, 0.4) is 0 Å². The Kier molecular flexibility index (Phi) is 4.51. The number of anilines is 1. The van der Waals surface area contributed by atoms with E-state index >= 15 is 4.39 Å². The summed E-state index contributed by atoms with van der Waals surface area (Å²) in [6.45, 7) is 0. The monoisotopic (exact) mass is 451 g/mol. The molecule has 0 saturated carbocycles. The molecular weight excluding hydrogens is 433 g/mol. The average molecular weight is 451 g/mol. The van der Waals surface area contributed by atoms with Gasteiger partial charge in [0.05, 0.1) is 40.2 Å². The molecule has 0 amide bonds. The molecule has 166 valence electrons. The number of imidazole rings is 1. The Morgan fingerprint density at radius 1 is 0.853 bits per heavy atom. The Hall–Kier alpha value is -4.73. The molecule has 9 nitrogen and oxygen atoms in total. The summed E-state index contributed by atoms with van der Waals surface area (Å²) in [5.41, 5.74) is 5.38. The number of hydrogen-bond donors (Lipinski definition) is 2. The first-order chi connectivity index (χ1) is 16.6. The zero-order valence-electron chi connectivity index (χ0n) is 18.3. The summed E-state index contributed by atoms with van der Waals surface area (Å²) in [6, 6.07) is 7.43. The number of hydrogen-bond acceptors (Lipinski definition) is 7. The van der Waals surface area contributed by atoms with E-state index in [0.717, 1.165) is 16.8 Å². The molecule has 2 N–H and O–H groups in total. The summed E-state index contributed by atoms with van der Waals surface area (Å²) in [4.78, 5) is 27.1. The second-order valence-electron chi connectivity index (χ2n) is 7.99. The second kappa shape index (κ2) is 7.69. The largest absolute Gasteiger partial charge is 0.376 e. The van der Waals surface area contributed by atoms with Crippen LogP contribution in [0.2, 0.25) is 0 Å². The molecule has 6 rings (SSSR count). The predicted molar refractivity (Wildman–Crippen MR) is 128 cm³/mol. The topological polar surface area (TPSA) is 112 Å². The van der Waals surface area contributed by atoms with Crippen molar-refractivity contribution in [1.82, 2.24) is 40.1 Å². The number of aromatic amines is 2. The maximum Gasteiger partial charge on any atom is 0.161 e. The molecule has 0 aliphatic carbocycles. The van der Waals surface area contributed by atoms with Gasteiger partial charge in [-0.15, -0.1) is 0 Å². The van der Waals surface area contributed by atoms with Crippen LogP contribution in [0.25, 0.3) is 56.0 Å². The SMILES string of the molecule is CN(C)c1cncc(-c2ncc3[nH]nc(-c4nc5c(-c6cccnc6)nccc5[nH]4)c3c2F)c1. The minimum atomic E-state index is -0.495. The van der Waals surface area contributed by atoms with Crippen molar-refractivity contribution in [3.8, 4) is 34.0 Å². The Morgan fingerprint density at radius 3 is 2.56 bits per heavy atom. The van der Waals surface area contributed by atoms with E-state index in [1.54, 1.807) is 37.2 Å². The maximum atomic E-state index is 15.8. The number of pyridine rings is 4. The van der Waals surface area contributed by atoms with Crippen molar-refractivity contribution in [2.75, 3.05) is 19.0 Å². The van der Waals surface area contributed by atoms with Crippen molar-refractivity contribution < 1.29 is 4.39 Å². The first kappa shape index (κ1) is 19.9. The zero-order valence-corrected chi connectivity index (χ0v) is 18.3. The lowest BCUT2D eigenvalue weighted by Gasteiger charge is -2.13. The van der Waals surface area contributed by atoms with Crippen molar-refractivity contribution in [3.05, 3.63) is 67.3 Å². The summed E-state index contributed by atoms with van der Waals surface area (Å²) >= 11 is 0. The molecule has 0 aliphatic rings. The Labute approximate surface area is 192 Å². The molecule has 34 heavy (non-hydrogen) atoms. The van der Waals surface area contributed by atoms with Crippen molar-refractivity contribution in [2.24, 2.45) is 0 Å². The van der Waals surface area contributed by atoms with Gasteiger partial charge in [0.15, 0.2) is 11.6 Å². The fourth-order valence-corrected chi connectivity index (χ4v) is 3.91. The highest BCUT2D eigenvalue weighted by molar-refractivity contribution is 5.97. The zero-order chi connectivity index (χ0) is 23.2. The number of H-pyrrole nitrogens is 2. The van der Waals surface area contributed by atoms with Gasteiger partial charge in [0.1, 0.15) is 16.9 Å². The summed E-state index contributed by atoms with van der Waals surface area (Å²) in [5, 5.41) is 7.51.